The average Bonchev–Trinajstić information content (AvgIpc) is 3.21. The average molecular weight is 765 g/mol. The molecule has 284 valence electrons. The van der Waals surface area contributed by atoms with Crippen LogP contribution in [-0.4, -0.2) is 67.7 Å². The van der Waals surface area contributed by atoms with Gasteiger partial charge in [0, 0.05) is 56.9 Å². The van der Waals surface area contributed by atoms with Gasteiger partial charge in [-0.2, -0.15) is 5.26 Å². The van der Waals surface area contributed by atoms with Crippen molar-refractivity contribution in [3.63, 3.8) is 0 Å². The molecule has 0 N–H and O–H groups in total. The quantitative estimate of drug-likeness (QED) is 0.0985. The van der Waals surface area contributed by atoms with Crippen LogP contribution in [0.25, 0.3) is 6.08 Å². The molecule has 4 aromatic carbocycles. The number of hydrogen-bond acceptors (Lipinski definition) is 9. The van der Waals surface area contributed by atoms with Gasteiger partial charge < -0.3 is 28.6 Å². The van der Waals surface area contributed by atoms with E-state index in [2.05, 4.69) is 40.2 Å². The van der Waals surface area contributed by atoms with E-state index in [0.717, 1.165) is 31.6 Å². The van der Waals surface area contributed by atoms with E-state index in [0.29, 0.717) is 65.5 Å². The Morgan fingerprint density at radius 3 is 2.18 bits per heavy atom. The highest BCUT2D eigenvalue weighted by molar-refractivity contribution is 5.92. The summed E-state index contributed by atoms with van der Waals surface area (Å²) in [5.74, 6) is 2.30. The second-order valence-electron chi connectivity index (χ2n) is 12.6. The van der Waals surface area contributed by atoms with Gasteiger partial charge in [0.2, 0.25) is 17.5 Å². The Morgan fingerprint density at radius 1 is 0.855 bits per heavy atom. The van der Waals surface area contributed by atoms with Crippen molar-refractivity contribution < 1.29 is 32.9 Å². The minimum absolute atomic E-state index is 0. The van der Waals surface area contributed by atoms with Gasteiger partial charge in [-0.15, -0.1) is 12.4 Å². The summed E-state index contributed by atoms with van der Waals surface area (Å²) in [6.07, 6.45) is 5.61. The van der Waals surface area contributed by atoms with E-state index < -0.39 is 0 Å². The van der Waals surface area contributed by atoms with Gasteiger partial charge in [-0.3, -0.25) is 9.69 Å². The normalized spacial score (nSPS) is 12.7. The minimum atomic E-state index is -0.279. The molecule has 0 radical (unpaired) electrons. The zero-order valence-electron chi connectivity index (χ0n) is 30.7. The Balaban J connectivity index is 0.00000580. The Kier molecular flexibility index (Phi) is 14.5. The van der Waals surface area contributed by atoms with Gasteiger partial charge in [0.05, 0.1) is 38.7 Å². The highest BCUT2D eigenvalue weighted by Crippen LogP contribution is 2.41. The zero-order valence-corrected chi connectivity index (χ0v) is 31.5. The lowest BCUT2D eigenvalue weighted by molar-refractivity contribution is -0.127. The minimum Gasteiger partial charge on any atom is -0.493 e. The van der Waals surface area contributed by atoms with E-state index in [9.17, 15) is 14.4 Å². The summed E-state index contributed by atoms with van der Waals surface area (Å²) >= 11 is 0. The molecule has 0 atom stereocenters. The molecule has 2 heterocycles. The summed E-state index contributed by atoms with van der Waals surface area (Å²) in [6.45, 7) is 4.37. The van der Waals surface area contributed by atoms with Crippen molar-refractivity contribution in [2.24, 2.45) is 0 Å². The van der Waals surface area contributed by atoms with Gasteiger partial charge in [0.1, 0.15) is 23.9 Å². The fourth-order valence-corrected chi connectivity index (χ4v) is 5.92. The molecular formula is C43H42ClFN4O6. The summed E-state index contributed by atoms with van der Waals surface area (Å²) in [5, 5.41) is 9.31. The zero-order chi connectivity index (χ0) is 37.7. The molecule has 0 aliphatic carbocycles. The molecule has 12 heteroatoms. The van der Waals surface area contributed by atoms with Crippen molar-refractivity contribution in [3.8, 4) is 40.7 Å². The second kappa shape index (κ2) is 19.8. The van der Waals surface area contributed by atoms with E-state index in [1.54, 1.807) is 60.8 Å². The van der Waals surface area contributed by atoms with Gasteiger partial charge in [-0.05, 0) is 71.3 Å². The van der Waals surface area contributed by atoms with Gasteiger partial charge in [-0.1, -0.05) is 42.5 Å². The van der Waals surface area contributed by atoms with Crippen molar-refractivity contribution in [1.29, 1.82) is 5.26 Å². The Bertz CT molecular complexity index is 2060. The third-order valence-electron chi connectivity index (χ3n) is 8.94. The first kappa shape index (κ1) is 40.1. The van der Waals surface area contributed by atoms with E-state index in [1.807, 2.05) is 23.1 Å². The standard InChI is InChI=1S/C43H41FN4O6.ClH/c1-50-39-25-33(26-40(51-2)43(39)54-41-17-16-38(28-46-41)53-30-35-6-4-3-5-34(35)27-45)11-18-42(49)48-22-20-47(21-23-48)29-32-9-7-31(8-10-32)19-24-52-37-14-12-36(44)13-15-37;/h3-18,25-26,28H,19-24,29-30H2,1-2H3;1H/b18-11+;. The summed E-state index contributed by atoms with van der Waals surface area (Å²) in [6, 6.07) is 30.9. The van der Waals surface area contributed by atoms with Crippen LogP contribution in [0.2, 0.25) is 0 Å². The van der Waals surface area contributed by atoms with Gasteiger partial charge in [-0.25, -0.2) is 9.37 Å². The molecule has 10 nitrogen and oxygen atoms in total. The first-order chi connectivity index (χ1) is 26.4. The number of nitriles is 1. The van der Waals surface area contributed by atoms with Crippen LogP contribution >= 0.6 is 12.4 Å². The molecule has 6 rings (SSSR count). The summed E-state index contributed by atoms with van der Waals surface area (Å²) < 4.78 is 41.9. The maximum atomic E-state index is 13.1. The molecule has 0 bridgehead atoms. The van der Waals surface area contributed by atoms with E-state index in [1.165, 1.54) is 37.5 Å². The van der Waals surface area contributed by atoms with Gasteiger partial charge in [0.15, 0.2) is 11.5 Å². The summed E-state index contributed by atoms with van der Waals surface area (Å²) in [4.78, 5) is 21.7. The fraction of sp³-hybridized carbons (Fsp3) is 0.233. The van der Waals surface area contributed by atoms with Crippen LogP contribution in [0.5, 0.6) is 34.6 Å². The fourth-order valence-electron chi connectivity index (χ4n) is 5.92. The van der Waals surface area contributed by atoms with E-state index in [4.69, 9.17) is 23.7 Å². The molecule has 55 heavy (non-hydrogen) atoms. The summed E-state index contributed by atoms with van der Waals surface area (Å²) in [5.41, 5.74) is 4.44. The van der Waals surface area contributed by atoms with Crippen molar-refractivity contribution in [3.05, 3.63) is 143 Å². The molecule has 1 aromatic heterocycles. The maximum Gasteiger partial charge on any atom is 0.246 e. The number of piperazine rings is 1. The smallest absolute Gasteiger partial charge is 0.246 e. The number of hydrogen-bond donors (Lipinski definition) is 0. The highest BCUT2D eigenvalue weighted by atomic mass is 35.5. The molecule has 1 fully saturated rings. The third-order valence-corrected chi connectivity index (χ3v) is 8.94. The van der Waals surface area contributed by atoms with Crippen LogP contribution in [0, 0.1) is 17.1 Å². The number of carbonyl (C=O) groups excluding carboxylic acids is 1. The lowest BCUT2D eigenvalue weighted by atomic mass is 10.1. The first-order valence-corrected chi connectivity index (χ1v) is 17.6. The van der Waals surface area contributed by atoms with Gasteiger partial charge >= 0.3 is 0 Å². The molecule has 1 saturated heterocycles. The van der Waals surface area contributed by atoms with Crippen molar-refractivity contribution in [2.45, 2.75) is 19.6 Å². The molecule has 0 unspecified atom stereocenters. The van der Waals surface area contributed by atoms with Gasteiger partial charge in [0.25, 0.3) is 0 Å². The Morgan fingerprint density at radius 2 is 1.53 bits per heavy atom. The largest absolute Gasteiger partial charge is 0.493 e. The van der Waals surface area contributed by atoms with Crippen LogP contribution in [-0.2, 0) is 24.4 Å². The summed E-state index contributed by atoms with van der Waals surface area (Å²) in [7, 11) is 3.06. The van der Waals surface area contributed by atoms with Crippen molar-refractivity contribution in [1.82, 2.24) is 14.8 Å². The van der Waals surface area contributed by atoms with Crippen molar-refractivity contribution >= 4 is 24.4 Å². The highest BCUT2D eigenvalue weighted by Gasteiger charge is 2.20. The number of pyridine rings is 1. The number of methoxy groups -OCH3 is 2. The molecule has 0 spiro atoms. The second-order valence-corrected chi connectivity index (χ2v) is 12.6. The topological polar surface area (TPSA) is 106 Å². The number of benzene rings is 4. The van der Waals surface area contributed by atoms with E-state index in [-0.39, 0.29) is 30.7 Å². The SMILES string of the molecule is COc1cc(/C=C/C(=O)N2CCN(Cc3ccc(CCOc4ccc(F)cc4)cc3)CC2)cc(OC)c1Oc1ccc(OCc2ccccc2C#N)cn1.Cl. The van der Waals surface area contributed by atoms with Crippen LogP contribution in [0.1, 0.15) is 27.8 Å². The number of nitrogens with zero attached hydrogens (tertiary/aromatic N) is 4. The van der Waals surface area contributed by atoms with Crippen LogP contribution in [0.15, 0.2) is 109 Å². The predicted octanol–water partition coefficient (Wildman–Crippen LogP) is 7.88. The number of halogens is 2. The third kappa shape index (κ3) is 11.2. The number of ether oxygens (including phenoxy) is 5. The molecule has 1 aliphatic rings. The van der Waals surface area contributed by atoms with E-state index >= 15 is 0 Å². The lowest BCUT2D eigenvalue weighted by Gasteiger charge is -2.34. The number of rotatable bonds is 15. The monoisotopic (exact) mass is 764 g/mol. The molecule has 1 aliphatic heterocycles. The molecule has 5 aromatic rings. The predicted molar refractivity (Wildman–Crippen MR) is 210 cm³/mol. The Hall–Kier alpha value is -6.09. The van der Waals surface area contributed by atoms with Crippen LogP contribution < -0.4 is 23.7 Å². The van der Waals surface area contributed by atoms with Crippen LogP contribution in [0.4, 0.5) is 4.39 Å². The first-order valence-electron chi connectivity index (χ1n) is 17.6. The number of carbonyl (C=O) groups is 1. The number of amides is 1. The maximum absolute atomic E-state index is 13.1. The van der Waals surface area contributed by atoms with Crippen LogP contribution in [0.3, 0.4) is 0 Å². The Labute approximate surface area is 326 Å². The lowest BCUT2D eigenvalue weighted by Crippen LogP contribution is -2.47. The molecule has 1 amide bonds. The molecule has 0 saturated carbocycles. The van der Waals surface area contributed by atoms with Crippen molar-refractivity contribution in [2.75, 3.05) is 47.0 Å². The number of aromatic nitrogens is 1. The molecular weight excluding hydrogens is 723 g/mol.